The summed E-state index contributed by atoms with van der Waals surface area (Å²) >= 11 is 0. The van der Waals surface area contributed by atoms with E-state index in [4.69, 9.17) is 0 Å². The summed E-state index contributed by atoms with van der Waals surface area (Å²) in [7, 11) is 0. The zero-order valence-corrected chi connectivity index (χ0v) is 11.5. The predicted octanol–water partition coefficient (Wildman–Crippen LogP) is 2.50. The van der Waals surface area contributed by atoms with Gasteiger partial charge < -0.3 is 5.32 Å². The molecule has 3 fully saturated rings. The summed E-state index contributed by atoms with van der Waals surface area (Å²) in [5.41, 5.74) is 0.417. The quantitative estimate of drug-likeness (QED) is 0.810. The second kappa shape index (κ2) is 4.55. The number of rotatable bonds is 3. The van der Waals surface area contributed by atoms with E-state index in [2.05, 4.69) is 24.1 Å². The molecule has 0 radical (unpaired) electrons. The number of hydrogen-bond acceptors (Lipinski definition) is 2. The molecule has 3 rings (SSSR count). The lowest BCUT2D eigenvalue weighted by Crippen LogP contribution is -2.60. The van der Waals surface area contributed by atoms with E-state index in [0.29, 0.717) is 5.54 Å². The first-order chi connectivity index (χ1) is 8.21. The zero-order valence-electron chi connectivity index (χ0n) is 11.5. The maximum absolute atomic E-state index is 3.57. The third kappa shape index (κ3) is 2.15. The van der Waals surface area contributed by atoms with Crippen LogP contribution in [0.4, 0.5) is 0 Å². The van der Waals surface area contributed by atoms with E-state index >= 15 is 0 Å². The van der Waals surface area contributed by atoms with Crippen LogP contribution in [-0.2, 0) is 0 Å². The molecule has 0 aromatic heterocycles. The molecular weight excluding hydrogens is 208 g/mol. The summed E-state index contributed by atoms with van der Waals surface area (Å²) in [5, 5.41) is 3.57. The monoisotopic (exact) mass is 236 g/mol. The first-order valence-electron chi connectivity index (χ1n) is 7.67. The summed E-state index contributed by atoms with van der Waals surface area (Å²) in [6, 6.07) is 0. The number of hydrogen-bond donors (Lipinski definition) is 1. The van der Waals surface area contributed by atoms with Crippen molar-refractivity contribution in [2.45, 2.75) is 51.5 Å². The molecule has 4 atom stereocenters. The van der Waals surface area contributed by atoms with E-state index in [1.54, 1.807) is 6.42 Å². The summed E-state index contributed by atoms with van der Waals surface area (Å²) in [6.45, 7) is 9.82. The van der Waals surface area contributed by atoms with Gasteiger partial charge in [-0.25, -0.2) is 0 Å². The van der Waals surface area contributed by atoms with Gasteiger partial charge in [0.1, 0.15) is 0 Å². The Kier molecular flexibility index (Phi) is 3.20. The Bertz CT molecular complexity index is 278. The third-order valence-corrected chi connectivity index (χ3v) is 5.93. The lowest BCUT2D eigenvalue weighted by molar-refractivity contribution is 0.0454. The highest BCUT2D eigenvalue weighted by molar-refractivity contribution is 4.96. The highest BCUT2D eigenvalue weighted by Crippen LogP contribution is 2.48. The molecular formula is C15H28N2. The fourth-order valence-corrected chi connectivity index (χ4v) is 4.50. The van der Waals surface area contributed by atoms with E-state index in [1.165, 1.54) is 51.9 Å². The first kappa shape index (κ1) is 12.0. The van der Waals surface area contributed by atoms with Crippen molar-refractivity contribution in [2.24, 2.45) is 17.8 Å². The number of nitrogens with one attached hydrogen (secondary N) is 1. The van der Waals surface area contributed by atoms with Crippen molar-refractivity contribution in [3.8, 4) is 0 Å². The molecule has 2 saturated carbocycles. The van der Waals surface area contributed by atoms with Gasteiger partial charge in [-0.1, -0.05) is 13.3 Å². The minimum absolute atomic E-state index is 0.417. The highest BCUT2D eigenvalue weighted by atomic mass is 15.3. The molecule has 0 amide bonds. The molecule has 98 valence electrons. The Balaban J connectivity index is 1.63. The number of nitrogens with zero attached hydrogens (tertiary/aromatic N) is 1. The molecule has 4 unspecified atom stereocenters. The van der Waals surface area contributed by atoms with Gasteiger partial charge in [0.25, 0.3) is 0 Å². The molecule has 1 aliphatic heterocycles. The van der Waals surface area contributed by atoms with Gasteiger partial charge in [0.15, 0.2) is 0 Å². The summed E-state index contributed by atoms with van der Waals surface area (Å²) in [4.78, 5) is 2.80. The standard InChI is InChI=1S/C15H28N2/c1-3-15(2)11-16-6-7-17(15)10-14-9-12-4-5-13(14)8-12/h12-14,16H,3-11H2,1-2H3. The molecule has 2 heteroatoms. The predicted molar refractivity (Wildman–Crippen MR) is 72.1 cm³/mol. The molecule has 1 heterocycles. The average Bonchev–Trinajstić information content (AvgIpc) is 2.94. The summed E-state index contributed by atoms with van der Waals surface area (Å²) in [6.07, 6.45) is 7.44. The third-order valence-electron chi connectivity index (χ3n) is 5.93. The van der Waals surface area contributed by atoms with Crippen LogP contribution >= 0.6 is 0 Å². The maximum atomic E-state index is 3.57. The Morgan fingerprint density at radius 2 is 2.18 bits per heavy atom. The highest BCUT2D eigenvalue weighted by Gasteiger charge is 2.42. The number of piperazine rings is 1. The van der Waals surface area contributed by atoms with E-state index in [9.17, 15) is 0 Å². The molecule has 2 nitrogen and oxygen atoms in total. The summed E-state index contributed by atoms with van der Waals surface area (Å²) in [5.74, 6) is 3.20. The largest absolute Gasteiger partial charge is 0.314 e. The van der Waals surface area contributed by atoms with Gasteiger partial charge in [0.05, 0.1) is 0 Å². The van der Waals surface area contributed by atoms with Gasteiger partial charge in [0.2, 0.25) is 0 Å². The zero-order chi connectivity index (χ0) is 11.9. The van der Waals surface area contributed by atoms with Crippen LogP contribution in [0.25, 0.3) is 0 Å². The molecule has 0 aromatic rings. The van der Waals surface area contributed by atoms with Crippen LogP contribution in [0.1, 0.15) is 46.0 Å². The molecule has 1 N–H and O–H groups in total. The second-order valence-corrected chi connectivity index (χ2v) is 6.91. The van der Waals surface area contributed by atoms with E-state index in [-0.39, 0.29) is 0 Å². The Morgan fingerprint density at radius 3 is 2.82 bits per heavy atom. The Hall–Kier alpha value is -0.0800. The SMILES string of the molecule is CCC1(C)CNCCN1CC1CC2CCC1C2. The lowest BCUT2D eigenvalue weighted by Gasteiger charge is -2.46. The van der Waals surface area contributed by atoms with Crippen LogP contribution in [-0.4, -0.2) is 36.6 Å². The van der Waals surface area contributed by atoms with Gasteiger partial charge in [-0.15, -0.1) is 0 Å². The van der Waals surface area contributed by atoms with E-state index in [1.807, 2.05) is 0 Å². The lowest BCUT2D eigenvalue weighted by atomic mass is 9.86. The second-order valence-electron chi connectivity index (χ2n) is 6.91. The van der Waals surface area contributed by atoms with Gasteiger partial charge in [-0.2, -0.15) is 0 Å². The first-order valence-corrected chi connectivity index (χ1v) is 7.67. The van der Waals surface area contributed by atoms with Crippen molar-refractivity contribution in [1.82, 2.24) is 10.2 Å². The van der Waals surface area contributed by atoms with Crippen LogP contribution in [0.3, 0.4) is 0 Å². The average molecular weight is 236 g/mol. The van der Waals surface area contributed by atoms with Crippen LogP contribution in [0.5, 0.6) is 0 Å². The number of fused-ring (bicyclic) bond motifs is 2. The molecule has 2 bridgehead atoms. The maximum Gasteiger partial charge on any atom is 0.0303 e. The van der Waals surface area contributed by atoms with Crippen molar-refractivity contribution in [3.05, 3.63) is 0 Å². The van der Waals surface area contributed by atoms with Gasteiger partial charge >= 0.3 is 0 Å². The fourth-order valence-electron chi connectivity index (χ4n) is 4.50. The smallest absolute Gasteiger partial charge is 0.0303 e. The van der Waals surface area contributed by atoms with E-state index < -0.39 is 0 Å². The van der Waals surface area contributed by atoms with Gasteiger partial charge in [-0.3, -0.25) is 4.90 Å². The van der Waals surface area contributed by atoms with Crippen molar-refractivity contribution < 1.29 is 0 Å². The van der Waals surface area contributed by atoms with Gasteiger partial charge in [-0.05, 0) is 50.4 Å². The normalized spacial score (nSPS) is 46.6. The fraction of sp³-hybridized carbons (Fsp3) is 1.00. The Labute approximate surface area is 106 Å². The molecule has 2 aliphatic carbocycles. The minimum Gasteiger partial charge on any atom is -0.314 e. The molecule has 3 aliphatic rings. The van der Waals surface area contributed by atoms with Crippen molar-refractivity contribution in [2.75, 3.05) is 26.2 Å². The molecule has 1 saturated heterocycles. The van der Waals surface area contributed by atoms with Crippen LogP contribution in [0.2, 0.25) is 0 Å². The van der Waals surface area contributed by atoms with Crippen molar-refractivity contribution in [1.29, 1.82) is 0 Å². The van der Waals surface area contributed by atoms with Gasteiger partial charge in [0, 0.05) is 31.7 Å². The van der Waals surface area contributed by atoms with Crippen molar-refractivity contribution >= 4 is 0 Å². The van der Waals surface area contributed by atoms with E-state index in [0.717, 1.165) is 17.8 Å². The van der Waals surface area contributed by atoms with Crippen LogP contribution in [0.15, 0.2) is 0 Å². The van der Waals surface area contributed by atoms with Crippen LogP contribution < -0.4 is 5.32 Å². The molecule has 0 aromatic carbocycles. The Morgan fingerprint density at radius 1 is 1.29 bits per heavy atom. The summed E-state index contributed by atoms with van der Waals surface area (Å²) < 4.78 is 0. The topological polar surface area (TPSA) is 15.3 Å². The minimum atomic E-state index is 0.417. The van der Waals surface area contributed by atoms with Crippen molar-refractivity contribution in [3.63, 3.8) is 0 Å². The molecule has 0 spiro atoms. The van der Waals surface area contributed by atoms with Crippen LogP contribution in [0, 0.1) is 17.8 Å². The molecule has 17 heavy (non-hydrogen) atoms.